The fourth-order valence-electron chi connectivity index (χ4n) is 1.56. The molecule has 1 N–H and O–H groups in total. The van der Waals surface area contributed by atoms with Crippen LogP contribution in [0.3, 0.4) is 0 Å². The third-order valence-electron chi connectivity index (χ3n) is 2.81. The molecule has 5 heteroatoms. The molecule has 0 saturated carbocycles. The van der Waals surface area contributed by atoms with E-state index in [0.29, 0.717) is 18.9 Å². The lowest BCUT2D eigenvalue weighted by molar-refractivity contribution is -0.137. The van der Waals surface area contributed by atoms with E-state index in [0.717, 1.165) is 38.5 Å². The van der Waals surface area contributed by atoms with E-state index in [-0.39, 0.29) is 5.97 Å². The highest BCUT2D eigenvalue weighted by atomic mass is 31.2. The van der Waals surface area contributed by atoms with E-state index in [9.17, 15) is 14.3 Å². The molecule has 0 aliphatic carbocycles. The van der Waals surface area contributed by atoms with Gasteiger partial charge in [-0.1, -0.05) is 39.2 Å². The first-order valence-corrected chi connectivity index (χ1v) is 8.65. The third kappa shape index (κ3) is 10.5. The van der Waals surface area contributed by atoms with Gasteiger partial charge in [0.25, 0.3) is 0 Å². The van der Waals surface area contributed by atoms with Gasteiger partial charge in [-0.2, -0.15) is 0 Å². The topological polar surface area (TPSA) is 63.6 Å². The Balaban J connectivity index is 3.24. The average Bonchev–Trinajstić information content (AvgIpc) is 2.36. The number of carbonyl (C=O) groups excluding carboxylic acids is 1. The largest absolute Gasteiger partial charge is 0.463 e. The summed E-state index contributed by atoms with van der Waals surface area (Å²) >= 11 is 0. The first kappa shape index (κ1) is 17.4. The molecular formula is C13H25O4P. The first-order valence-electron chi connectivity index (χ1n) is 6.62. The molecule has 0 aromatic rings. The first-order chi connectivity index (χ1) is 8.52. The molecule has 0 aliphatic heterocycles. The molecule has 0 aromatic heterocycles. The third-order valence-corrected chi connectivity index (χ3v) is 4.81. The fraction of sp³-hybridized carbons (Fsp3) is 0.769. The lowest BCUT2D eigenvalue weighted by Gasteiger charge is -2.08. The second-order valence-corrected chi connectivity index (χ2v) is 7.15. The molecule has 18 heavy (non-hydrogen) atoms. The number of rotatable bonds is 11. The molecule has 1 unspecified atom stereocenters. The number of hydrogen-bond donors (Lipinski definition) is 1. The van der Waals surface area contributed by atoms with Gasteiger partial charge in [0.2, 0.25) is 0 Å². The number of hydrogen-bond acceptors (Lipinski definition) is 3. The molecule has 1 atom stereocenters. The summed E-state index contributed by atoms with van der Waals surface area (Å²) in [6.45, 7) is 5.52. The van der Waals surface area contributed by atoms with Crippen molar-refractivity contribution in [2.45, 2.75) is 45.4 Å². The Labute approximate surface area is 110 Å². The monoisotopic (exact) mass is 276 g/mol. The molecule has 4 nitrogen and oxygen atoms in total. The maximum absolute atomic E-state index is 11.3. The molecule has 0 amide bonds. The van der Waals surface area contributed by atoms with Crippen LogP contribution in [0.15, 0.2) is 12.7 Å². The van der Waals surface area contributed by atoms with Crippen molar-refractivity contribution in [1.82, 2.24) is 0 Å². The van der Waals surface area contributed by atoms with Crippen molar-refractivity contribution in [3.63, 3.8) is 0 Å². The average molecular weight is 276 g/mol. The van der Waals surface area contributed by atoms with Gasteiger partial charge in [-0.05, 0) is 12.8 Å². The number of carbonyl (C=O) groups is 1. The van der Waals surface area contributed by atoms with Crippen LogP contribution in [-0.2, 0) is 14.1 Å². The van der Waals surface area contributed by atoms with Crippen LogP contribution in [0.2, 0.25) is 0 Å². The van der Waals surface area contributed by atoms with Crippen molar-refractivity contribution in [3.05, 3.63) is 12.7 Å². The Morgan fingerprint density at radius 3 is 2.33 bits per heavy atom. The summed E-state index contributed by atoms with van der Waals surface area (Å²) in [6.07, 6.45) is 7.85. The SMILES string of the molecule is C=CC(=O)OCCCCCCCCP(=O)(O)CC. The zero-order chi connectivity index (χ0) is 13.9. The minimum absolute atomic E-state index is 0.367. The Morgan fingerprint density at radius 2 is 1.78 bits per heavy atom. The summed E-state index contributed by atoms with van der Waals surface area (Å²) in [5, 5.41) is 0. The van der Waals surface area contributed by atoms with Crippen molar-refractivity contribution in [2.24, 2.45) is 0 Å². The highest BCUT2D eigenvalue weighted by Gasteiger charge is 2.13. The van der Waals surface area contributed by atoms with Crippen LogP contribution in [-0.4, -0.2) is 29.8 Å². The van der Waals surface area contributed by atoms with Gasteiger partial charge in [-0.15, -0.1) is 0 Å². The van der Waals surface area contributed by atoms with Crippen molar-refractivity contribution >= 4 is 13.3 Å². The molecule has 0 bridgehead atoms. The van der Waals surface area contributed by atoms with Gasteiger partial charge in [0.15, 0.2) is 7.37 Å². The van der Waals surface area contributed by atoms with E-state index in [1.807, 2.05) is 0 Å². The number of unbranched alkanes of at least 4 members (excludes halogenated alkanes) is 5. The Morgan fingerprint density at radius 1 is 1.22 bits per heavy atom. The van der Waals surface area contributed by atoms with Crippen LogP contribution in [0, 0.1) is 0 Å². The minimum Gasteiger partial charge on any atom is -0.463 e. The maximum Gasteiger partial charge on any atom is 0.330 e. The lowest BCUT2D eigenvalue weighted by Crippen LogP contribution is -2.01. The summed E-state index contributed by atoms with van der Waals surface area (Å²) in [5.41, 5.74) is 0. The van der Waals surface area contributed by atoms with Gasteiger partial charge in [0, 0.05) is 18.4 Å². The second-order valence-electron chi connectivity index (χ2n) is 4.38. The standard InChI is InChI=1S/C13H25O4P/c1-3-13(14)17-11-9-7-5-6-8-10-12-18(15,16)4-2/h3H,1,4-12H2,2H3,(H,15,16). The van der Waals surface area contributed by atoms with Crippen LogP contribution < -0.4 is 0 Å². The van der Waals surface area contributed by atoms with Gasteiger partial charge in [-0.25, -0.2) is 4.79 Å². The zero-order valence-corrected chi connectivity index (χ0v) is 12.2. The highest BCUT2D eigenvalue weighted by molar-refractivity contribution is 7.57. The van der Waals surface area contributed by atoms with E-state index >= 15 is 0 Å². The predicted octanol–water partition coefficient (Wildman–Crippen LogP) is 3.35. The van der Waals surface area contributed by atoms with Gasteiger partial charge < -0.3 is 9.63 Å². The van der Waals surface area contributed by atoms with E-state index in [1.54, 1.807) is 6.92 Å². The second kappa shape index (κ2) is 10.3. The van der Waals surface area contributed by atoms with E-state index < -0.39 is 7.37 Å². The van der Waals surface area contributed by atoms with E-state index in [2.05, 4.69) is 6.58 Å². The summed E-state index contributed by atoms with van der Waals surface area (Å²) in [4.78, 5) is 20.1. The van der Waals surface area contributed by atoms with Gasteiger partial charge in [0.05, 0.1) is 6.61 Å². The summed E-state index contributed by atoms with van der Waals surface area (Å²) in [6, 6.07) is 0. The molecule has 0 aliphatic rings. The number of ether oxygens (including phenoxy) is 1. The predicted molar refractivity (Wildman–Crippen MR) is 74.1 cm³/mol. The molecular weight excluding hydrogens is 251 g/mol. The van der Waals surface area contributed by atoms with Crippen LogP contribution >= 0.6 is 7.37 Å². The Bertz CT molecular complexity index is 289. The molecule has 0 heterocycles. The molecule has 0 spiro atoms. The quantitative estimate of drug-likeness (QED) is 0.272. The van der Waals surface area contributed by atoms with Crippen molar-refractivity contribution in [3.8, 4) is 0 Å². The highest BCUT2D eigenvalue weighted by Crippen LogP contribution is 2.40. The zero-order valence-electron chi connectivity index (χ0n) is 11.3. The Kier molecular flexibility index (Phi) is 9.99. The molecule has 106 valence electrons. The molecule has 0 fully saturated rings. The number of esters is 1. The molecule has 0 radical (unpaired) electrons. The van der Waals surface area contributed by atoms with Gasteiger partial charge >= 0.3 is 5.97 Å². The van der Waals surface area contributed by atoms with Crippen LogP contribution in [0.25, 0.3) is 0 Å². The van der Waals surface area contributed by atoms with E-state index in [1.165, 1.54) is 6.08 Å². The summed E-state index contributed by atoms with van der Waals surface area (Å²) in [5.74, 6) is -0.367. The van der Waals surface area contributed by atoms with Crippen LogP contribution in [0.1, 0.15) is 45.4 Å². The van der Waals surface area contributed by atoms with Crippen molar-refractivity contribution in [2.75, 3.05) is 18.9 Å². The summed E-state index contributed by atoms with van der Waals surface area (Å²) < 4.78 is 16.2. The minimum atomic E-state index is -2.82. The van der Waals surface area contributed by atoms with Crippen molar-refractivity contribution in [1.29, 1.82) is 0 Å². The Hall–Kier alpha value is -0.600. The fourth-order valence-corrected chi connectivity index (χ4v) is 2.59. The molecule has 0 saturated heterocycles. The smallest absolute Gasteiger partial charge is 0.330 e. The van der Waals surface area contributed by atoms with Crippen molar-refractivity contribution < 1.29 is 19.0 Å². The molecule has 0 aromatic carbocycles. The van der Waals surface area contributed by atoms with E-state index in [4.69, 9.17) is 4.74 Å². The van der Waals surface area contributed by atoms with Gasteiger partial charge in [0.1, 0.15) is 0 Å². The lowest BCUT2D eigenvalue weighted by atomic mass is 10.1. The maximum atomic E-state index is 11.3. The van der Waals surface area contributed by atoms with Gasteiger partial charge in [-0.3, -0.25) is 4.57 Å². The molecule has 0 rings (SSSR count). The normalized spacial score (nSPS) is 13.9. The summed E-state index contributed by atoms with van der Waals surface area (Å²) in [7, 11) is -2.82. The van der Waals surface area contributed by atoms with Crippen LogP contribution in [0.4, 0.5) is 0 Å². The van der Waals surface area contributed by atoms with Crippen LogP contribution in [0.5, 0.6) is 0 Å².